The van der Waals surface area contributed by atoms with Crippen LogP contribution < -0.4 is 5.32 Å². The fourth-order valence-corrected chi connectivity index (χ4v) is 1.85. The number of hydrogen-bond donors (Lipinski definition) is 1. The van der Waals surface area contributed by atoms with Crippen LogP contribution in [0.25, 0.3) is 0 Å². The van der Waals surface area contributed by atoms with Gasteiger partial charge in [0.2, 0.25) is 0 Å². The van der Waals surface area contributed by atoms with Crippen LogP contribution in [0.2, 0.25) is 0 Å². The van der Waals surface area contributed by atoms with E-state index in [1.807, 2.05) is 0 Å². The monoisotopic (exact) mass is 237 g/mol. The summed E-state index contributed by atoms with van der Waals surface area (Å²) in [4.78, 5) is 8.44. The summed E-state index contributed by atoms with van der Waals surface area (Å²) in [5.41, 5.74) is 0.944. The Kier molecular flexibility index (Phi) is 4.85. The second kappa shape index (κ2) is 6.64. The first-order valence-electron chi connectivity index (χ1n) is 6.12. The van der Waals surface area contributed by atoms with Crippen molar-refractivity contribution in [3.05, 3.63) is 24.3 Å². The van der Waals surface area contributed by atoms with Gasteiger partial charge < -0.3 is 14.8 Å². The van der Waals surface area contributed by atoms with Crippen LogP contribution in [-0.2, 0) is 9.47 Å². The molecule has 1 unspecified atom stereocenters. The van der Waals surface area contributed by atoms with Crippen molar-refractivity contribution in [2.75, 3.05) is 19.8 Å². The largest absolute Gasteiger partial charge is 0.350 e. The summed E-state index contributed by atoms with van der Waals surface area (Å²) < 4.78 is 10.9. The van der Waals surface area contributed by atoms with Crippen molar-refractivity contribution in [3.8, 4) is 0 Å². The minimum atomic E-state index is -0.119. The molecule has 0 aliphatic carbocycles. The van der Waals surface area contributed by atoms with Crippen LogP contribution in [0.15, 0.2) is 18.6 Å². The smallest absolute Gasteiger partial charge is 0.159 e. The zero-order valence-electron chi connectivity index (χ0n) is 10.1. The molecule has 1 aliphatic rings. The van der Waals surface area contributed by atoms with Gasteiger partial charge in [0.15, 0.2) is 6.29 Å². The predicted molar refractivity (Wildman–Crippen MR) is 63.4 cm³/mol. The van der Waals surface area contributed by atoms with E-state index in [1.165, 1.54) is 0 Å². The lowest BCUT2D eigenvalue weighted by Crippen LogP contribution is -2.27. The minimum absolute atomic E-state index is 0.119. The number of nitrogens with one attached hydrogen (secondary N) is 1. The van der Waals surface area contributed by atoms with Gasteiger partial charge in [0, 0.05) is 25.0 Å². The molecule has 5 nitrogen and oxygen atoms in total. The van der Waals surface area contributed by atoms with Crippen LogP contribution in [0, 0.1) is 0 Å². The molecule has 1 aromatic rings. The molecule has 1 aromatic heterocycles. The van der Waals surface area contributed by atoms with Crippen LogP contribution in [0.5, 0.6) is 0 Å². The predicted octanol–water partition coefficient (Wildman–Crippen LogP) is 1.28. The molecule has 0 amide bonds. The van der Waals surface area contributed by atoms with E-state index >= 15 is 0 Å². The molecule has 0 aromatic carbocycles. The maximum absolute atomic E-state index is 5.47. The van der Waals surface area contributed by atoms with Crippen LogP contribution >= 0.6 is 0 Å². The van der Waals surface area contributed by atoms with Gasteiger partial charge in [0.05, 0.1) is 24.9 Å². The van der Waals surface area contributed by atoms with Crippen molar-refractivity contribution in [1.29, 1.82) is 0 Å². The molecule has 0 bridgehead atoms. The summed E-state index contributed by atoms with van der Waals surface area (Å²) in [6, 6.07) is 0.145. The fourth-order valence-electron chi connectivity index (χ4n) is 1.85. The standard InChI is InChI=1S/C12H19N3O2/c1-2-3-14-10(8-12-16-6-7-17-12)11-9-13-4-5-15-11/h4-5,9-10,12,14H,2-3,6-8H2,1H3. The molecular weight excluding hydrogens is 218 g/mol. The van der Waals surface area contributed by atoms with Crippen LogP contribution in [0.3, 0.4) is 0 Å². The Morgan fingerprint density at radius 3 is 2.88 bits per heavy atom. The number of nitrogens with zero attached hydrogens (tertiary/aromatic N) is 2. The quantitative estimate of drug-likeness (QED) is 0.807. The Balaban J connectivity index is 1.97. The van der Waals surface area contributed by atoms with Crippen LogP contribution in [0.4, 0.5) is 0 Å². The fraction of sp³-hybridized carbons (Fsp3) is 0.667. The molecule has 17 heavy (non-hydrogen) atoms. The third-order valence-electron chi connectivity index (χ3n) is 2.70. The molecule has 0 saturated carbocycles. The summed E-state index contributed by atoms with van der Waals surface area (Å²) in [6.45, 7) is 4.47. The van der Waals surface area contributed by atoms with Gasteiger partial charge in [-0.05, 0) is 13.0 Å². The molecule has 1 aliphatic heterocycles. The molecule has 0 spiro atoms. The van der Waals surface area contributed by atoms with E-state index in [2.05, 4.69) is 22.2 Å². The zero-order valence-corrected chi connectivity index (χ0v) is 10.1. The topological polar surface area (TPSA) is 56.3 Å². The summed E-state index contributed by atoms with van der Waals surface area (Å²) >= 11 is 0. The van der Waals surface area contributed by atoms with Crippen molar-refractivity contribution in [2.24, 2.45) is 0 Å². The van der Waals surface area contributed by atoms with E-state index in [9.17, 15) is 0 Å². The van der Waals surface area contributed by atoms with Gasteiger partial charge in [-0.1, -0.05) is 6.92 Å². The lowest BCUT2D eigenvalue weighted by Gasteiger charge is -2.20. The van der Waals surface area contributed by atoms with E-state index in [1.54, 1.807) is 18.6 Å². The molecule has 5 heteroatoms. The first kappa shape index (κ1) is 12.4. The number of aromatic nitrogens is 2. The maximum atomic E-state index is 5.47. The third kappa shape index (κ3) is 3.73. The van der Waals surface area contributed by atoms with E-state index in [0.717, 1.165) is 25.1 Å². The van der Waals surface area contributed by atoms with E-state index < -0.39 is 0 Å². The molecule has 0 radical (unpaired) electrons. The summed E-state index contributed by atoms with van der Waals surface area (Å²) in [5, 5.41) is 3.45. The molecule has 1 saturated heterocycles. The number of rotatable bonds is 6. The highest BCUT2D eigenvalue weighted by atomic mass is 16.7. The van der Waals surface area contributed by atoms with Crippen molar-refractivity contribution in [1.82, 2.24) is 15.3 Å². The molecular formula is C12H19N3O2. The van der Waals surface area contributed by atoms with Gasteiger partial charge in [0.25, 0.3) is 0 Å². The Hall–Kier alpha value is -1.04. The Morgan fingerprint density at radius 1 is 1.41 bits per heavy atom. The summed E-state index contributed by atoms with van der Waals surface area (Å²) in [6.07, 6.45) is 6.94. The molecule has 94 valence electrons. The Bertz CT molecular complexity index is 315. The van der Waals surface area contributed by atoms with Crippen LogP contribution in [-0.4, -0.2) is 36.0 Å². The Morgan fingerprint density at radius 2 is 2.24 bits per heavy atom. The van der Waals surface area contributed by atoms with Gasteiger partial charge in [-0.25, -0.2) is 0 Å². The van der Waals surface area contributed by atoms with Gasteiger partial charge in [0.1, 0.15) is 0 Å². The first-order chi connectivity index (χ1) is 8.40. The highest BCUT2D eigenvalue weighted by Crippen LogP contribution is 2.20. The van der Waals surface area contributed by atoms with Crippen molar-refractivity contribution >= 4 is 0 Å². The zero-order chi connectivity index (χ0) is 11.9. The Labute approximate surface area is 102 Å². The molecule has 2 heterocycles. The lowest BCUT2D eigenvalue weighted by atomic mass is 10.1. The van der Waals surface area contributed by atoms with E-state index in [0.29, 0.717) is 13.2 Å². The number of hydrogen-bond acceptors (Lipinski definition) is 5. The second-order valence-corrected chi connectivity index (χ2v) is 4.04. The van der Waals surface area contributed by atoms with Gasteiger partial charge in [-0.2, -0.15) is 0 Å². The molecule has 2 rings (SSSR count). The maximum Gasteiger partial charge on any atom is 0.159 e. The normalized spacial score (nSPS) is 18.4. The van der Waals surface area contributed by atoms with Gasteiger partial charge in [-0.3, -0.25) is 9.97 Å². The molecule has 1 atom stereocenters. The van der Waals surface area contributed by atoms with E-state index in [-0.39, 0.29) is 12.3 Å². The second-order valence-electron chi connectivity index (χ2n) is 4.04. The SMILES string of the molecule is CCCNC(CC1OCCO1)c1cnccn1. The van der Waals surface area contributed by atoms with Crippen LogP contribution in [0.1, 0.15) is 31.5 Å². The van der Waals surface area contributed by atoms with Crippen molar-refractivity contribution in [2.45, 2.75) is 32.1 Å². The number of ether oxygens (including phenoxy) is 2. The average Bonchev–Trinajstić information content (AvgIpc) is 2.88. The van der Waals surface area contributed by atoms with Gasteiger partial charge in [-0.15, -0.1) is 0 Å². The molecule has 1 fully saturated rings. The van der Waals surface area contributed by atoms with Crippen molar-refractivity contribution < 1.29 is 9.47 Å². The highest BCUT2D eigenvalue weighted by Gasteiger charge is 2.22. The summed E-state index contributed by atoms with van der Waals surface area (Å²) in [5.74, 6) is 0. The average molecular weight is 237 g/mol. The van der Waals surface area contributed by atoms with Gasteiger partial charge >= 0.3 is 0 Å². The lowest BCUT2D eigenvalue weighted by molar-refractivity contribution is -0.0532. The van der Waals surface area contributed by atoms with Crippen molar-refractivity contribution in [3.63, 3.8) is 0 Å². The van der Waals surface area contributed by atoms with E-state index in [4.69, 9.17) is 9.47 Å². The third-order valence-corrected chi connectivity index (χ3v) is 2.70. The highest BCUT2D eigenvalue weighted by molar-refractivity contribution is 5.02. The first-order valence-corrected chi connectivity index (χ1v) is 6.12. The summed E-state index contributed by atoms with van der Waals surface area (Å²) in [7, 11) is 0. The molecule has 1 N–H and O–H groups in total. The minimum Gasteiger partial charge on any atom is -0.350 e.